The molecule has 0 amide bonds. The van der Waals surface area contributed by atoms with Gasteiger partial charge >= 0.3 is 6.61 Å². The molecule has 3 nitrogen and oxygen atoms in total. The Labute approximate surface area is 110 Å². The molecule has 1 aromatic carbocycles. The highest BCUT2D eigenvalue weighted by Crippen LogP contribution is 2.19. The number of ether oxygens (including phenoxy) is 1. The van der Waals surface area contributed by atoms with Crippen molar-refractivity contribution in [2.75, 3.05) is 0 Å². The molecule has 1 atom stereocenters. The van der Waals surface area contributed by atoms with Crippen LogP contribution in [0.25, 0.3) is 0 Å². The van der Waals surface area contributed by atoms with Crippen molar-refractivity contribution in [2.24, 2.45) is 0 Å². The van der Waals surface area contributed by atoms with Crippen LogP contribution >= 0.6 is 0 Å². The summed E-state index contributed by atoms with van der Waals surface area (Å²) in [5, 5.41) is 3.28. The molecule has 0 aliphatic heterocycles. The second kappa shape index (κ2) is 6.33. The van der Waals surface area contributed by atoms with Crippen LogP contribution in [-0.4, -0.2) is 6.61 Å². The van der Waals surface area contributed by atoms with Crippen LogP contribution in [0.3, 0.4) is 0 Å². The Bertz CT molecular complexity index is 483. The van der Waals surface area contributed by atoms with Gasteiger partial charge in [0.2, 0.25) is 0 Å². The van der Waals surface area contributed by atoms with Crippen molar-refractivity contribution in [1.82, 2.24) is 5.32 Å². The van der Waals surface area contributed by atoms with Crippen LogP contribution in [0, 0.1) is 0 Å². The number of hydrogen-bond donors (Lipinski definition) is 1. The van der Waals surface area contributed by atoms with E-state index in [-0.39, 0.29) is 11.8 Å². The molecule has 0 aliphatic carbocycles. The summed E-state index contributed by atoms with van der Waals surface area (Å²) >= 11 is 0. The quantitative estimate of drug-likeness (QED) is 0.866. The van der Waals surface area contributed by atoms with Crippen molar-refractivity contribution >= 4 is 0 Å². The van der Waals surface area contributed by atoms with Gasteiger partial charge in [-0.05, 0) is 36.8 Å². The summed E-state index contributed by atoms with van der Waals surface area (Å²) in [4.78, 5) is 0. The average molecular weight is 267 g/mol. The molecule has 1 aromatic heterocycles. The van der Waals surface area contributed by atoms with Crippen molar-refractivity contribution in [2.45, 2.75) is 26.1 Å². The molecule has 0 saturated heterocycles. The third kappa shape index (κ3) is 4.06. The Morgan fingerprint density at radius 1 is 1.21 bits per heavy atom. The van der Waals surface area contributed by atoms with Crippen molar-refractivity contribution < 1.29 is 17.9 Å². The third-order valence-corrected chi connectivity index (χ3v) is 2.77. The minimum atomic E-state index is -2.79. The molecule has 1 heterocycles. The maximum absolute atomic E-state index is 12.0. The van der Waals surface area contributed by atoms with E-state index in [1.165, 1.54) is 12.1 Å². The highest BCUT2D eigenvalue weighted by Gasteiger charge is 2.08. The van der Waals surface area contributed by atoms with Crippen LogP contribution in [0.15, 0.2) is 47.1 Å². The summed E-state index contributed by atoms with van der Waals surface area (Å²) < 4.78 is 33.5. The number of hydrogen-bond acceptors (Lipinski definition) is 3. The zero-order chi connectivity index (χ0) is 13.7. The van der Waals surface area contributed by atoms with E-state index in [0.29, 0.717) is 6.54 Å². The number of rotatable bonds is 6. The second-order valence-electron chi connectivity index (χ2n) is 4.13. The molecule has 0 saturated carbocycles. The minimum Gasteiger partial charge on any atom is -0.468 e. The van der Waals surface area contributed by atoms with Gasteiger partial charge in [0, 0.05) is 6.04 Å². The van der Waals surface area contributed by atoms with Crippen molar-refractivity contribution in [3.8, 4) is 5.75 Å². The Balaban J connectivity index is 1.90. The molecular formula is C14H15F2NO2. The lowest BCUT2D eigenvalue weighted by Gasteiger charge is -2.14. The highest BCUT2D eigenvalue weighted by molar-refractivity contribution is 5.29. The lowest BCUT2D eigenvalue weighted by atomic mass is 10.1. The molecule has 5 heteroatoms. The number of furan rings is 1. The summed E-state index contributed by atoms with van der Waals surface area (Å²) in [5.74, 6) is 1.02. The van der Waals surface area contributed by atoms with Crippen LogP contribution in [0.2, 0.25) is 0 Å². The van der Waals surface area contributed by atoms with Gasteiger partial charge in [0.15, 0.2) is 0 Å². The molecule has 0 radical (unpaired) electrons. The molecule has 1 N–H and O–H groups in total. The number of halogens is 2. The predicted molar refractivity (Wildman–Crippen MR) is 67.0 cm³/mol. The van der Waals surface area contributed by atoms with Crippen molar-refractivity contribution in [1.29, 1.82) is 0 Å². The van der Waals surface area contributed by atoms with Gasteiger partial charge in [0.25, 0.3) is 0 Å². The number of alkyl halides is 2. The van der Waals surface area contributed by atoms with E-state index in [1.54, 1.807) is 18.4 Å². The van der Waals surface area contributed by atoms with Gasteiger partial charge in [0.05, 0.1) is 12.8 Å². The molecule has 0 aliphatic rings. The Kier molecular flexibility index (Phi) is 4.52. The lowest BCUT2D eigenvalue weighted by Crippen LogP contribution is -2.17. The van der Waals surface area contributed by atoms with Gasteiger partial charge in [-0.3, -0.25) is 0 Å². The fourth-order valence-corrected chi connectivity index (χ4v) is 1.72. The molecule has 1 unspecified atom stereocenters. The van der Waals surface area contributed by atoms with E-state index in [1.807, 2.05) is 19.1 Å². The van der Waals surface area contributed by atoms with Crippen molar-refractivity contribution in [3.05, 3.63) is 54.0 Å². The molecule has 0 spiro atoms. The number of benzene rings is 1. The minimum absolute atomic E-state index is 0.0886. The maximum atomic E-state index is 12.0. The monoisotopic (exact) mass is 267 g/mol. The summed E-state index contributed by atoms with van der Waals surface area (Å²) in [6, 6.07) is 10.4. The molecule has 2 aromatic rings. The highest BCUT2D eigenvalue weighted by atomic mass is 19.3. The van der Waals surface area contributed by atoms with Crippen LogP contribution in [0.1, 0.15) is 24.3 Å². The molecule has 0 bridgehead atoms. The van der Waals surface area contributed by atoms with E-state index in [2.05, 4.69) is 10.1 Å². The van der Waals surface area contributed by atoms with E-state index < -0.39 is 6.61 Å². The second-order valence-corrected chi connectivity index (χ2v) is 4.13. The maximum Gasteiger partial charge on any atom is 0.387 e. The third-order valence-electron chi connectivity index (χ3n) is 2.77. The van der Waals surface area contributed by atoms with Gasteiger partial charge in [-0.1, -0.05) is 12.1 Å². The Morgan fingerprint density at radius 3 is 2.53 bits per heavy atom. The van der Waals surface area contributed by atoms with Gasteiger partial charge < -0.3 is 14.5 Å². The van der Waals surface area contributed by atoms with E-state index in [4.69, 9.17) is 4.42 Å². The molecule has 102 valence electrons. The summed E-state index contributed by atoms with van der Waals surface area (Å²) in [6.07, 6.45) is 1.62. The van der Waals surface area contributed by atoms with Gasteiger partial charge in [-0.15, -0.1) is 0 Å². The summed E-state index contributed by atoms with van der Waals surface area (Å²) in [5.41, 5.74) is 0.994. The van der Waals surface area contributed by atoms with E-state index in [9.17, 15) is 8.78 Å². The molecule has 2 rings (SSSR count). The topological polar surface area (TPSA) is 34.4 Å². The SMILES string of the molecule is CC(NCc1ccco1)c1ccc(OC(F)F)cc1. The van der Waals surface area contributed by atoms with Gasteiger partial charge in [-0.2, -0.15) is 8.78 Å². The van der Waals surface area contributed by atoms with Crippen molar-refractivity contribution in [3.63, 3.8) is 0 Å². The Hall–Kier alpha value is -1.88. The summed E-state index contributed by atoms with van der Waals surface area (Å²) in [6.45, 7) is -0.185. The molecular weight excluding hydrogens is 252 g/mol. The van der Waals surface area contributed by atoms with E-state index >= 15 is 0 Å². The number of nitrogens with one attached hydrogen (secondary N) is 1. The molecule has 0 fully saturated rings. The van der Waals surface area contributed by atoms with Crippen LogP contribution in [-0.2, 0) is 6.54 Å². The van der Waals surface area contributed by atoms with Gasteiger partial charge in [-0.25, -0.2) is 0 Å². The fourth-order valence-electron chi connectivity index (χ4n) is 1.72. The van der Waals surface area contributed by atoms with Crippen LogP contribution in [0.4, 0.5) is 8.78 Å². The smallest absolute Gasteiger partial charge is 0.387 e. The normalized spacial score (nSPS) is 12.6. The zero-order valence-electron chi connectivity index (χ0n) is 10.5. The zero-order valence-corrected chi connectivity index (χ0v) is 10.5. The average Bonchev–Trinajstić information content (AvgIpc) is 2.89. The predicted octanol–water partition coefficient (Wildman–Crippen LogP) is 3.73. The Morgan fingerprint density at radius 2 is 1.95 bits per heavy atom. The first kappa shape index (κ1) is 13.5. The fraction of sp³-hybridized carbons (Fsp3) is 0.286. The standard InChI is InChI=1S/C14H15F2NO2/c1-10(17-9-13-3-2-8-18-13)11-4-6-12(7-5-11)19-14(15)16/h2-8,10,14,17H,9H2,1H3. The lowest BCUT2D eigenvalue weighted by molar-refractivity contribution is -0.0498. The van der Waals surface area contributed by atoms with Gasteiger partial charge in [0.1, 0.15) is 11.5 Å². The van der Waals surface area contributed by atoms with Crippen LogP contribution < -0.4 is 10.1 Å². The van der Waals surface area contributed by atoms with Crippen LogP contribution in [0.5, 0.6) is 5.75 Å². The van der Waals surface area contributed by atoms with E-state index in [0.717, 1.165) is 11.3 Å². The first-order chi connectivity index (χ1) is 9.15. The first-order valence-corrected chi connectivity index (χ1v) is 5.95. The molecule has 19 heavy (non-hydrogen) atoms. The summed E-state index contributed by atoms with van der Waals surface area (Å²) in [7, 11) is 0. The largest absolute Gasteiger partial charge is 0.468 e. The first-order valence-electron chi connectivity index (χ1n) is 5.95.